The number of nitrogens with zero attached hydrogens (tertiary/aromatic N) is 4. The number of imide groups is 2. The highest BCUT2D eigenvalue weighted by Gasteiger charge is 2.43. The molecule has 0 atom stereocenters. The zero-order chi connectivity index (χ0) is 68.9. The number of amides is 4. The van der Waals surface area contributed by atoms with Gasteiger partial charge in [0.05, 0.1) is 33.9 Å². The molecule has 0 fully saturated rings. The lowest BCUT2D eigenvalue weighted by atomic mass is 9.79. The zero-order valence-electron chi connectivity index (χ0n) is 59.9. The highest BCUT2D eigenvalue weighted by Crippen LogP contribution is 2.57. The summed E-state index contributed by atoms with van der Waals surface area (Å²) >= 11 is 0. The van der Waals surface area contributed by atoms with E-state index >= 15 is 19.2 Å². The zero-order valence-corrected chi connectivity index (χ0v) is 59.9. The van der Waals surface area contributed by atoms with Crippen LogP contribution in [0.15, 0.2) is 170 Å². The van der Waals surface area contributed by atoms with Crippen molar-refractivity contribution >= 4 is 112 Å². The number of carbonyl (C=O) groups is 4. The molecule has 488 valence electrons. The molecule has 4 amide bonds. The molecule has 0 saturated carbocycles. The molecular formula is C88H92N4O4. The van der Waals surface area contributed by atoms with E-state index in [0.717, 1.165) is 99.6 Å². The summed E-state index contributed by atoms with van der Waals surface area (Å²) in [7, 11) is 0. The third-order valence-corrected chi connectivity index (χ3v) is 20.4. The van der Waals surface area contributed by atoms with Crippen molar-refractivity contribution in [3.8, 4) is 0 Å². The first-order valence-corrected chi connectivity index (χ1v) is 34.5. The summed E-state index contributed by atoms with van der Waals surface area (Å²) in [6, 6.07) is 59.3. The lowest BCUT2D eigenvalue weighted by molar-refractivity contribution is 0.0877. The second-order valence-electron chi connectivity index (χ2n) is 32.4. The van der Waals surface area contributed by atoms with Gasteiger partial charge in [-0.2, -0.15) is 0 Å². The number of rotatable bonds is 12. The van der Waals surface area contributed by atoms with E-state index < -0.39 is 23.6 Å². The SMILES string of the molecule is CC(C)c1cccc(C(C)C)c1N1C(=O)c2ccc3c4c(N(c5ccc(C(C)(C)C)cc5)c5ccc(C(C)(C)C)cc5)cc5c6c(ccc(c7c(N(c8ccc(C(C)(C)C)cc8)c8ccc(C(C)(C)C)cc8)cc(c2c37)C1=O)c64)C(=O)N(c1c(C(C)C)cccc1C(C)C)C5=O. The Balaban J connectivity index is 1.25. The third-order valence-electron chi connectivity index (χ3n) is 20.4. The van der Waals surface area contributed by atoms with Crippen LogP contribution in [0.25, 0.3) is 43.1 Å². The maximum Gasteiger partial charge on any atom is 0.266 e. The van der Waals surface area contributed by atoms with E-state index in [2.05, 4.69) is 257 Å². The largest absolute Gasteiger partial charge is 0.310 e. The van der Waals surface area contributed by atoms with E-state index in [-0.39, 0.29) is 45.3 Å². The van der Waals surface area contributed by atoms with E-state index in [0.29, 0.717) is 55.8 Å². The van der Waals surface area contributed by atoms with Crippen molar-refractivity contribution in [1.82, 2.24) is 0 Å². The fourth-order valence-electron chi connectivity index (χ4n) is 15.0. The maximum absolute atomic E-state index is 16.7. The second-order valence-corrected chi connectivity index (χ2v) is 32.4. The number of para-hydroxylation sites is 2. The van der Waals surface area contributed by atoms with Crippen molar-refractivity contribution in [3.05, 3.63) is 237 Å². The molecule has 2 heterocycles. The van der Waals surface area contributed by atoms with Crippen molar-refractivity contribution < 1.29 is 19.2 Å². The molecule has 0 spiro atoms. The van der Waals surface area contributed by atoms with E-state index in [4.69, 9.17) is 0 Å². The maximum atomic E-state index is 16.7. The Labute approximate surface area is 568 Å². The van der Waals surface area contributed by atoms with Crippen molar-refractivity contribution in [3.63, 3.8) is 0 Å². The molecule has 13 rings (SSSR count). The van der Waals surface area contributed by atoms with Crippen LogP contribution in [-0.2, 0) is 21.7 Å². The van der Waals surface area contributed by atoms with Gasteiger partial charge >= 0.3 is 0 Å². The summed E-state index contributed by atoms with van der Waals surface area (Å²) < 4.78 is 0. The molecule has 2 aliphatic heterocycles. The van der Waals surface area contributed by atoms with Gasteiger partial charge in [-0.25, -0.2) is 9.80 Å². The predicted octanol–water partition coefficient (Wildman–Crippen LogP) is 24.0. The topological polar surface area (TPSA) is 81.2 Å². The third kappa shape index (κ3) is 10.6. The van der Waals surface area contributed by atoms with Gasteiger partial charge in [0.2, 0.25) is 0 Å². The Kier molecular flexibility index (Phi) is 15.8. The van der Waals surface area contributed by atoms with Crippen molar-refractivity contribution in [1.29, 1.82) is 0 Å². The minimum absolute atomic E-state index is 0.0170. The van der Waals surface area contributed by atoms with Crippen LogP contribution < -0.4 is 19.6 Å². The molecule has 11 aromatic carbocycles. The van der Waals surface area contributed by atoms with Gasteiger partial charge in [0.25, 0.3) is 23.6 Å². The molecule has 2 aliphatic rings. The van der Waals surface area contributed by atoms with Gasteiger partial charge in [0, 0.05) is 66.2 Å². The molecule has 0 bridgehead atoms. The summed E-state index contributed by atoms with van der Waals surface area (Å²) in [5.74, 6) is -1.67. The van der Waals surface area contributed by atoms with Crippen LogP contribution in [0.1, 0.15) is 248 Å². The molecule has 8 heteroatoms. The highest BCUT2D eigenvalue weighted by molar-refractivity contribution is 6.48. The average Bonchev–Trinajstić information content (AvgIpc) is 0.674. The Hall–Kier alpha value is -9.40. The van der Waals surface area contributed by atoms with Gasteiger partial charge in [-0.05, 0) is 173 Å². The predicted molar refractivity (Wildman–Crippen MR) is 403 cm³/mol. The number of hydrogen-bond acceptors (Lipinski definition) is 6. The van der Waals surface area contributed by atoms with Crippen LogP contribution in [-0.4, -0.2) is 23.6 Å². The standard InChI is InChI=1S/C88H92N4O4/c1-49(2)61-23-21-24-62(50(3)4)79(61)91-81(93)67-45-43-65-76-72(90(59-39-31-55(32-40-59)87(15,16)17)60-41-33-56(34-42-60)88(18,19)20)48-70-74-68(82(94)92(84(70)96)80-63(51(5)6)25-22-26-64(80)52(7)8)46-44-66(78(74)76)75-71(47-69(83(91)95)73(67)77(65)75)89(57-35-27-53(28-36-57)85(9,10)11)58-37-29-54(30-38-58)86(12,13)14/h21-52H,1-20H3. The van der Waals surface area contributed by atoms with E-state index in [1.807, 2.05) is 60.7 Å². The summed E-state index contributed by atoms with van der Waals surface area (Å²) in [6.45, 7) is 43.6. The first-order chi connectivity index (χ1) is 45.2. The van der Waals surface area contributed by atoms with Crippen LogP contribution >= 0.6 is 0 Å². The summed E-state index contributed by atoms with van der Waals surface area (Å²) in [4.78, 5) is 73.4. The first-order valence-electron chi connectivity index (χ1n) is 34.5. The Morgan fingerprint density at radius 3 is 0.750 bits per heavy atom. The van der Waals surface area contributed by atoms with Crippen LogP contribution in [0.4, 0.5) is 45.5 Å². The molecular weight excluding hydrogens is 1180 g/mol. The number of benzene rings is 11. The lowest BCUT2D eigenvalue weighted by Gasteiger charge is -2.36. The average molecular weight is 1270 g/mol. The minimum atomic E-state index is -0.409. The Morgan fingerprint density at radius 2 is 0.521 bits per heavy atom. The number of anilines is 8. The molecule has 0 saturated heterocycles. The van der Waals surface area contributed by atoms with Crippen LogP contribution in [0.2, 0.25) is 0 Å². The fraction of sp³-hybridized carbons (Fsp3) is 0.318. The van der Waals surface area contributed by atoms with Gasteiger partial charge in [0.15, 0.2) is 0 Å². The quantitative estimate of drug-likeness (QED) is 0.0689. The lowest BCUT2D eigenvalue weighted by Crippen LogP contribution is -2.42. The van der Waals surface area contributed by atoms with Crippen LogP contribution in [0, 0.1) is 0 Å². The van der Waals surface area contributed by atoms with Crippen molar-refractivity contribution in [2.45, 2.75) is 184 Å². The van der Waals surface area contributed by atoms with Gasteiger partial charge in [-0.15, -0.1) is 0 Å². The van der Waals surface area contributed by atoms with Crippen LogP contribution in [0.5, 0.6) is 0 Å². The molecule has 0 aromatic heterocycles. The number of carbonyl (C=O) groups excluding carboxylic acids is 4. The van der Waals surface area contributed by atoms with E-state index in [1.54, 1.807) is 0 Å². The molecule has 0 radical (unpaired) electrons. The van der Waals surface area contributed by atoms with Crippen molar-refractivity contribution in [2.75, 3.05) is 19.6 Å². The van der Waals surface area contributed by atoms with Crippen molar-refractivity contribution in [2.24, 2.45) is 0 Å². The highest BCUT2D eigenvalue weighted by atomic mass is 16.2. The van der Waals surface area contributed by atoms with Gasteiger partial charge < -0.3 is 9.80 Å². The van der Waals surface area contributed by atoms with Gasteiger partial charge in [-0.1, -0.05) is 236 Å². The first kappa shape index (κ1) is 65.3. The smallest absolute Gasteiger partial charge is 0.266 e. The molecule has 0 aliphatic carbocycles. The van der Waals surface area contributed by atoms with Gasteiger partial charge in [0.1, 0.15) is 0 Å². The molecule has 0 N–H and O–H groups in total. The normalized spacial score (nSPS) is 14.0. The number of fused-ring (bicyclic) bond motifs is 2. The molecule has 0 unspecified atom stereocenters. The summed E-state index contributed by atoms with van der Waals surface area (Å²) in [5.41, 5.74) is 15.4. The Morgan fingerprint density at radius 1 is 0.281 bits per heavy atom. The summed E-state index contributed by atoms with van der Waals surface area (Å²) in [6.07, 6.45) is 0. The monoisotopic (exact) mass is 1270 g/mol. The van der Waals surface area contributed by atoms with E-state index in [1.165, 1.54) is 9.80 Å². The van der Waals surface area contributed by atoms with Crippen LogP contribution in [0.3, 0.4) is 0 Å². The Bertz CT molecular complexity index is 4500. The van der Waals surface area contributed by atoms with Gasteiger partial charge in [-0.3, -0.25) is 19.2 Å². The molecule has 8 nitrogen and oxygen atoms in total. The summed E-state index contributed by atoms with van der Waals surface area (Å²) in [5, 5.41) is 5.66. The van der Waals surface area contributed by atoms with E-state index in [9.17, 15) is 0 Å². The second kappa shape index (κ2) is 23.2. The number of hydrogen-bond donors (Lipinski definition) is 0. The fourth-order valence-corrected chi connectivity index (χ4v) is 15.0. The molecule has 11 aromatic rings. The molecule has 96 heavy (non-hydrogen) atoms. The minimum Gasteiger partial charge on any atom is -0.310 e.